The van der Waals surface area contributed by atoms with Crippen LogP contribution in [0.1, 0.15) is 80.1 Å². The molecule has 2 rings (SSSR count). The Balaban J connectivity index is 0.000000240. The highest BCUT2D eigenvalue weighted by Gasteiger charge is 2.36. The standard InChI is InChI=1S/2C10H18OS/c2*1-7-4-5-8(9(11)6-7)10(2,3)12/h2*7-8,12H,4-6H2,1-3H3. The molecule has 0 radical (unpaired) electrons. The average Bonchev–Trinajstić information content (AvgIpc) is 2.35. The maximum atomic E-state index is 11.6. The molecule has 2 saturated carbocycles. The van der Waals surface area contributed by atoms with Crippen molar-refractivity contribution in [2.75, 3.05) is 0 Å². The van der Waals surface area contributed by atoms with Gasteiger partial charge in [-0.1, -0.05) is 41.5 Å². The zero-order valence-electron chi connectivity index (χ0n) is 16.3. The van der Waals surface area contributed by atoms with Crippen LogP contribution in [0, 0.1) is 23.7 Å². The van der Waals surface area contributed by atoms with E-state index in [-0.39, 0.29) is 21.3 Å². The monoisotopic (exact) mass is 372 g/mol. The maximum absolute atomic E-state index is 11.6. The Hall–Kier alpha value is 0.0400. The lowest BCUT2D eigenvalue weighted by atomic mass is 9.76. The van der Waals surface area contributed by atoms with Gasteiger partial charge in [-0.15, -0.1) is 0 Å². The van der Waals surface area contributed by atoms with Gasteiger partial charge in [0, 0.05) is 34.2 Å². The van der Waals surface area contributed by atoms with Gasteiger partial charge in [-0.25, -0.2) is 0 Å². The molecule has 2 aliphatic carbocycles. The average molecular weight is 373 g/mol. The van der Waals surface area contributed by atoms with Gasteiger partial charge in [-0.3, -0.25) is 9.59 Å². The van der Waals surface area contributed by atoms with Crippen molar-refractivity contribution in [3.63, 3.8) is 0 Å². The van der Waals surface area contributed by atoms with Crippen molar-refractivity contribution in [1.29, 1.82) is 0 Å². The van der Waals surface area contributed by atoms with E-state index in [0.717, 1.165) is 25.7 Å². The van der Waals surface area contributed by atoms with Crippen LogP contribution in [0.4, 0.5) is 0 Å². The van der Waals surface area contributed by atoms with E-state index in [1.807, 2.05) is 27.7 Å². The Labute approximate surface area is 159 Å². The topological polar surface area (TPSA) is 34.1 Å². The Morgan fingerprint density at radius 1 is 0.708 bits per heavy atom. The molecule has 4 heteroatoms. The molecule has 0 heterocycles. The van der Waals surface area contributed by atoms with Crippen molar-refractivity contribution in [2.24, 2.45) is 23.7 Å². The number of Topliss-reactive ketones (excluding diaryl/α,β-unsaturated/α-hetero) is 2. The molecule has 4 atom stereocenters. The van der Waals surface area contributed by atoms with Crippen molar-refractivity contribution < 1.29 is 9.59 Å². The summed E-state index contributed by atoms with van der Waals surface area (Å²) in [5.41, 5.74) is 0. The van der Waals surface area contributed by atoms with Gasteiger partial charge >= 0.3 is 0 Å². The molecule has 0 amide bonds. The van der Waals surface area contributed by atoms with Crippen LogP contribution in [0.15, 0.2) is 0 Å². The van der Waals surface area contributed by atoms with Gasteiger partial charge in [0.15, 0.2) is 0 Å². The summed E-state index contributed by atoms with van der Waals surface area (Å²) in [6, 6.07) is 0. The van der Waals surface area contributed by atoms with E-state index in [1.165, 1.54) is 12.8 Å². The van der Waals surface area contributed by atoms with E-state index < -0.39 is 0 Å². The first-order chi connectivity index (χ1) is 10.8. The number of hydrogen-bond donors (Lipinski definition) is 2. The normalized spacial score (nSPS) is 32.2. The molecule has 0 aromatic carbocycles. The number of carbonyl (C=O) groups excluding carboxylic acids is 2. The number of carbonyl (C=O) groups is 2. The molecular formula is C20H36O2S2. The first kappa shape index (κ1) is 22.1. The Morgan fingerprint density at radius 2 is 1.00 bits per heavy atom. The van der Waals surface area contributed by atoms with E-state index in [2.05, 4.69) is 39.1 Å². The summed E-state index contributed by atoms with van der Waals surface area (Å²) < 4.78 is -0.256. The third-order valence-electron chi connectivity index (χ3n) is 5.48. The Bertz CT molecular complexity index is 404. The van der Waals surface area contributed by atoms with E-state index >= 15 is 0 Å². The molecule has 0 aromatic rings. The van der Waals surface area contributed by atoms with Gasteiger partial charge in [0.05, 0.1) is 0 Å². The third-order valence-corrected chi connectivity index (χ3v) is 6.10. The molecule has 2 aliphatic rings. The van der Waals surface area contributed by atoms with Crippen molar-refractivity contribution in [2.45, 2.75) is 89.6 Å². The van der Waals surface area contributed by atoms with Gasteiger partial charge in [-0.2, -0.15) is 25.3 Å². The Morgan fingerprint density at radius 3 is 1.21 bits per heavy atom. The highest BCUT2D eigenvalue weighted by molar-refractivity contribution is 7.82. The lowest BCUT2D eigenvalue weighted by Gasteiger charge is -2.33. The lowest BCUT2D eigenvalue weighted by molar-refractivity contribution is -0.127. The second kappa shape index (κ2) is 8.62. The van der Waals surface area contributed by atoms with Gasteiger partial charge < -0.3 is 0 Å². The highest BCUT2D eigenvalue weighted by atomic mass is 32.1. The van der Waals surface area contributed by atoms with Gasteiger partial charge in [0.1, 0.15) is 11.6 Å². The molecule has 0 aromatic heterocycles. The second-order valence-electron chi connectivity index (χ2n) is 9.12. The quantitative estimate of drug-likeness (QED) is 0.636. The van der Waals surface area contributed by atoms with E-state index in [1.54, 1.807) is 0 Å². The summed E-state index contributed by atoms with van der Waals surface area (Å²) in [7, 11) is 0. The summed E-state index contributed by atoms with van der Waals surface area (Å²) in [6.07, 6.45) is 5.93. The second-order valence-corrected chi connectivity index (χ2v) is 11.4. The van der Waals surface area contributed by atoms with Crippen LogP contribution >= 0.6 is 25.3 Å². The third kappa shape index (κ3) is 6.74. The number of rotatable bonds is 2. The molecule has 0 aliphatic heterocycles. The summed E-state index contributed by atoms with van der Waals surface area (Å²) >= 11 is 8.93. The summed E-state index contributed by atoms with van der Waals surface area (Å²) in [4.78, 5) is 23.2. The highest BCUT2D eigenvalue weighted by Crippen LogP contribution is 2.36. The molecule has 4 unspecified atom stereocenters. The molecule has 0 N–H and O–H groups in total. The van der Waals surface area contributed by atoms with Crippen molar-refractivity contribution in [3.8, 4) is 0 Å². The largest absolute Gasteiger partial charge is 0.299 e. The van der Waals surface area contributed by atoms with Crippen LogP contribution in [0.5, 0.6) is 0 Å². The lowest BCUT2D eigenvalue weighted by Crippen LogP contribution is -2.36. The minimum Gasteiger partial charge on any atom is -0.299 e. The van der Waals surface area contributed by atoms with E-state index in [0.29, 0.717) is 23.4 Å². The zero-order valence-corrected chi connectivity index (χ0v) is 18.1. The minimum absolute atomic E-state index is 0.128. The number of thiol groups is 2. The molecule has 2 fully saturated rings. The SMILES string of the molecule is CC1CCC(C(C)(C)S)C(=O)C1.CC1CCC(C(C)(C)S)C(=O)C1. The number of hydrogen-bond acceptors (Lipinski definition) is 4. The summed E-state index contributed by atoms with van der Waals surface area (Å²) in [5, 5.41) is 0. The molecular weight excluding hydrogens is 336 g/mol. The van der Waals surface area contributed by atoms with Crippen LogP contribution in [-0.2, 0) is 9.59 Å². The predicted molar refractivity (Wildman–Crippen MR) is 109 cm³/mol. The van der Waals surface area contributed by atoms with Crippen LogP contribution in [-0.4, -0.2) is 21.1 Å². The van der Waals surface area contributed by atoms with Crippen LogP contribution in [0.25, 0.3) is 0 Å². The maximum Gasteiger partial charge on any atom is 0.137 e. The minimum atomic E-state index is -0.128. The smallest absolute Gasteiger partial charge is 0.137 e. The van der Waals surface area contributed by atoms with Crippen LogP contribution in [0.3, 0.4) is 0 Å². The summed E-state index contributed by atoms with van der Waals surface area (Å²) in [6.45, 7) is 12.5. The fourth-order valence-corrected chi connectivity index (χ4v) is 4.44. The van der Waals surface area contributed by atoms with Crippen LogP contribution in [0.2, 0.25) is 0 Å². The molecule has 0 bridgehead atoms. The van der Waals surface area contributed by atoms with Gasteiger partial charge in [0.25, 0.3) is 0 Å². The first-order valence-electron chi connectivity index (χ1n) is 9.32. The zero-order chi connectivity index (χ0) is 18.7. The van der Waals surface area contributed by atoms with Gasteiger partial charge in [-0.05, 0) is 37.5 Å². The first-order valence-corrected chi connectivity index (χ1v) is 10.2. The van der Waals surface area contributed by atoms with Crippen molar-refractivity contribution in [1.82, 2.24) is 0 Å². The van der Waals surface area contributed by atoms with Crippen molar-refractivity contribution in [3.05, 3.63) is 0 Å². The molecule has 0 saturated heterocycles. The van der Waals surface area contributed by atoms with E-state index in [9.17, 15) is 9.59 Å². The Kier molecular flexibility index (Phi) is 7.93. The van der Waals surface area contributed by atoms with Gasteiger partial charge in [0.2, 0.25) is 0 Å². The van der Waals surface area contributed by atoms with Crippen molar-refractivity contribution >= 4 is 36.8 Å². The van der Waals surface area contributed by atoms with Crippen LogP contribution < -0.4 is 0 Å². The number of ketones is 2. The fraction of sp³-hybridized carbons (Fsp3) is 0.900. The molecule has 2 nitrogen and oxygen atoms in total. The van der Waals surface area contributed by atoms with E-state index in [4.69, 9.17) is 0 Å². The molecule has 24 heavy (non-hydrogen) atoms. The molecule has 0 spiro atoms. The predicted octanol–water partition coefficient (Wildman–Crippen LogP) is 5.40. The fourth-order valence-electron chi connectivity index (χ4n) is 3.89. The molecule has 140 valence electrons. The summed E-state index contributed by atoms with van der Waals surface area (Å²) in [5.74, 6) is 2.35.